The minimum Gasteiger partial charge on any atom is -0.261 e. The van der Waals surface area contributed by atoms with Crippen molar-refractivity contribution >= 4 is 11.8 Å². The average molecular weight is 197 g/mol. The molecule has 3 heteroatoms. The zero-order chi connectivity index (χ0) is 11.3. The number of aromatic nitrogens is 1. The van der Waals surface area contributed by atoms with Gasteiger partial charge in [-0.25, -0.2) is 4.99 Å². The van der Waals surface area contributed by atoms with Gasteiger partial charge in [0.2, 0.25) is 0 Å². The number of rotatable bonds is 3. The molecule has 1 aromatic heterocycles. The lowest BCUT2D eigenvalue weighted by Gasteiger charge is -2.02. The molecule has 1 aromatic rings. The number of hydrogen-bond acceptors (Lipinski definition) is 3. The Kier molecular flexibility index (Phi) is 3.53. The molecule has 0 aliphatic rings. The number of aliphatic imine (C=N–C) groups is 1. The van der Waals surface area contributed by atoms with Crippen LogP contribution in [-0.4, -0.2) is 11.2 Å². The second-order valence-corrected chi connectivity index (χ2v) is 2.98. The summed E-state index contributed by atoms with van der Waals surface area (Å²) in [6, 6.07) is 5.58. The van der Waals surface area contributed by atoms with Crippen LogP contribution in [0.15, 0.2) is 42.2 Å². The molecule has 0 spiro atoms. The highest BCUT2D eigenvalue weighted by atomic mass is 14.7. The van der Waals surface area contributed by atoms with Crippen LogP contribution >= 0.6 is 0 Å². The summed E-state index contributed by atoms with van der Waals surface area (Å²) in [4.78, 5) is 7.99. The Hall–Kier alpha value is -2.21. The Labute approximate surface area is 89.1 Å². The first-order valence-corrected chi connectivity index (χ1v) is 4.39. The fraction of sp³-hybridized carbons (Fsp3) is 0.0833. The van der Waals surface area contributed by atoms with Crippen molar-refractivity contribution in [3.05, 3.63) is 48.4 Å². The van der Waals surface area contributed by atoms with Crippen molar-refractivity contribution in [2.24, 2.45) is 4.99 Å². The smallest absolute Gasteiger partial charge is 0.133 e. The quantitative estimate of drug-likeness (QED) is 0.552. The van der Waals surface area contributed by atoms with E-state index in [1.54, 1.807) is 6.20 Å². The van der Waals surface area contributed by atoms with Crippen LogP contribution in [0.25, 0.3) is 5.57 Å². The Morgan fingerprint density at radius 2 is 2.33 bits per heavy atom. The number of nitrogens with zero attached hydrogens (tertiary/aromatic N) is 3. The minimum absolute atomic E-state index is 0.165. The van der Waals surface area contributed by atoms with Crippen molar-refractivity contribution in [3.63, 3.8) is 0 Å². The molecule has 74 valence electrons. The molecule has 0 amide bonds. The first-order chi connectivity index (χ1) is 7.15. The van der Waals surface area contributed by atoms with Crippen LogP contribution in [0.3, 0.4) is 0 Å². The van der Waals surface area contributed by atoms with Crippen molar-refractivity contribution in [2.75, 3.05) is 0 Å². The highest BCUT2D eigenvalue weighted by molar-refractivity contribution is 6.09. The summed E-state index contributed by atoms with van der Waals surface area (Å²) >= 11 is 0. The molecule has 0 radical (unpaired) electrons. The molecular formula is C12H11N3. The van der Waals surface area contributed by atoms with Crippen molar-refractivity contribution in [1.82, 2.24) is 4.98 Å². The highest BCUT2D eigenvalue weighted by Gasteiger charge is 2.00. The monoisotopic (exact) mass is 197 g/mol. The SMILES string of the molecule is C=C(C#N)/N=C/C(=C)c1cccnc1C. The van der Waals surface area contributed by atoms with Crippen LogP contribution < -0.4 is 0 Å². The first kappa shape index (κ1) is 10.9. The van der Waals surface area contributed by atoms with Gasteiger partial charge in [-0.2, -0.15) is 5.26 Å². The van der Waals surface area contributed by atoms with Crippen molar-refractivity contribution in [2.45, 2.75) is 6.92 Å². The fourth-order valence-electron chi connectivity index (χ4n) is 1.08. The summed E-state index contributed by atoms with van der Waals surface area (Å²) in [5.41, 5.74) is 2.69. The van der Waals surface area contributed by atoms with Gasteiger partial charge >= 0.3 is 0 Å². The number of nitriles is 1. The molecule has 0 aromatic carbocycles. The van der Waals surface area contributed by atoms with Gasteiger partial charge in [0, 0.05) is 23.7 Å². The second-order valence-electron chi connectivity index (χ2n) is 2.98. The largest absolute Gasteiger partial charge is 0.261 e. The molecule has 1 heterocycles. The zero-order valence-corrected chi connectivity index (χ0v) is 8.57. The van der Waals surface area contributed by atoms with Gasteiger partial charge < -0.3 is 0 Å². The molecule has 0 atom stereocenters. The van der Waals surface area contributed by atoms with Gasteiger partial charge in [-0.15, -0.1) is 0 Å². The van der Waals surface area contributed by atoms with Crippen LogP contribution in [0.5, 0.6) is 0 Å². The number of aryl methyl sites for hydroxylation is 1. The van der Waals surface area contributed by atoms with E-state index in [0.717, 1.165) is 16.8 Å². The average Bonchev–Trinajstić information content (AvgIpc) is 2.26. The lowest BCUT2D eigenvalue weighted by molar-refractivity contribution is 1.19. The Balaban J connectivity index is 2.88. The van der Waals surface area contributed by atoms with Gasteiger partial charge in [0.05, 0.1) is 0 Å². The summed E-state index contributed by atoms with van der Waals surface area (Å²) < 4.78 is 0. The van der Waals surface area contributed by atoms with Gasteiger partial charge in [-0.3, -0.25) is 4.98 Å². The molecular weight excluding hydrogens is 186 g/mol. The van der Waals surface area contributed by atoms with Crippen LogP contribution in [0.4, 0.5) is 0 Å². The van der Waals surface area contributed by atoms with Gasteiger partial charge in [-0.1, -0.05) is 19.2 Å². The van der Waals surface area contributed by atoms with E-state index in [9.17, 15) is 0 Å². The third-order valence-electron chi connectivity index (χ3n) is 1.86. The maximum absolute atomic E-state index is 8.47. The topological polar surface area (TPSA) is 49.0 Å². The first-order valence-electron chi connectivity index (χ1n) is 4.39. The van der Waals surface area contributed by atoms with E-state index in [1.165, 1.54) is 6.21 Å². The van der Waals surface area contributed by atoms with Crippen molar-refractivity contribution in [1.29, 1.82) is 5.26 Å². The summed E-state index contributed by atoms with van der Waals surface area (Å²) in [7, 11) is 0. The third kappa shape index (κ3) is 2.89. The second kappa shape index (κ2) is 4.87. The normalized spacial score (nSPS) is 9.87. The summed E-state index contributed by atoms with van der Waals surface area (Å²) in [6.45, 7) is 9.19. The van der Waals surface area contributed by atoms with Crippen molar-refractivity contribution < 1.29 is 0 Å². The standard InChI is InChI=1S/C12H11N3/c1-9(8-15-10(2)7-13)12-5-4-6-14-11(12)3/h4-6,8H,1-2H2,3H3/b15-8+. The Bertz CT molecular complexity index is 464. The fourth-order valence-corrected chi connectivity index (χ4v) is 1.08. The predicted molar refractivity (Wildman–Crippen MR) is 61.3 cm³/mol. The molecule has 0 saturated carbocycles. The minimum atomic E-state index is 0.165. The molecule has 0 unspecified atom stereocenters. The van der Waals surface area contributed by atoms with E-state index in [4.69, 9.17) is 5.26 Å². The Morgan fingerprint density at radius 3 is 2.93 bits per heavy atom. The number of hydrogen-bond donors (Lipinski definition) is 0. The van der Waals surface area contributed by atoms with Gasteiger partial charge in [0.25, 0.3) is 0 Å². The lowest BCUT2D eigenvalue weighted by Crippen LogP contribution is -1.91. The third-order valence-corrected chi connectivity index (χ3v) is 1.86. The maximum atomic E-state index is 8.47. The maximum Gasteiger partial charge on any atom is 0.133 e. The van der Waals surface area contributed by atoms with Crippen LogP contribution in [-0.2, 0) is 0 Å². The summed E-state index contributed by atoms with van der Waals surface area (Å²) in [5, 5.41) is 8.47. The van der Waals surface area contributed by atoms with E-state index in [2.05, 4.69) is 23.1 Å². The van der Waals surface area contributed by atoms with Crippen LogP contribution in [0, 0.1) is 18.3 Å². The van der Waals surface area contributed by atoms with E-state index in [-0.39, 0.29) is 5.70 Å². The van der Waals surface area contributed by atoms with Gasteiger partial charge in [0.1, 0.15) is 11.8 Å². The molecule has 0 aliphatic carbocycles. The summed E-state index contributed by atoms with van der Waals surface area (Å²) in [5.74, 6) is 0. The number of pyridine rings is 1. The van der Waals surface area contributed by atoms with Gasteiger partial charge in [-0.05, 0) is 18.6 Å². The molecule has 0 N–H and O–H groups in total. The molecule has 15 heavy (non-hydrogen) atoms. The van der Waals surface area contributed by atoms with Crippen molar-refractivity contribution in [3.8, 4) is 6.07 Å². The number of allylic oxidation sites excluding steroid dienone is 2. The van der Waals surface area contributed by atoms with E-state index in [1.807, 2.05) is 25.1 Å². The van der Waals surface area contributed by atoms with Gasteiger partial charge in [0.15, 0.2) is 0 Å². The molecule has 1 rings (SSSR count). The molecule has 0 fully saturated rings. The molecule has 0 bridgehead atoms. The Morgan fingerprint density at radius 1 is 1.60 bits per heavy atom. The van der Waals surface area contributed by atoms with E-state index in [0.29, 0.717) is 0 Å². The molecule has 3 nitrogen and oxygen atoms in total. The van der Waals surface area contributed by atoms with Crippen LogP contribution in [0.1, 0.15) is 11.3 Å². The highest BCUT2D eigenvalue weighted by Crippen LogP contribution is 2.13. The lowest BCUT2D eigenvalue weighted by atomic mass is 10.1. The molecule has 0 aliphatic heterocycles. The van der Waals surface area contributed by atoms with E-state index < -0.39 is 0 Å². The zero-order valence-electron chi connectivity index (χ0n) is 8.57. The summed E-state index contributed by atoms with van der Waals surface area (Å²) in [6.07, 6.45) is 3.24. The van der Waals surface area contributed by atoms with E-state index >= 15 is 0 Å². The van der Waals surface area contributed by atoms with Crippen LogP contribution in [0.2, 0.25) is 0 Å². The molecule has 0 saturated heterocycles. The predicted octanol–water partition coefficient (Wildman–Crippen LogP) is 2.51.